The van der Waals surface area contributed by atoms with E-state index in [0.717, 1.165) is 5.56 Å². The van der Waals surface area contributed by atoms with E-state index in [2.05, 4.69) is 44.1 Å². The molecule has 0 aliphatic carbocycles. The summed E-state index contributed by atoms with van der Waals surface area (Å²) in [6.07, 6.45) is 3.27. The Balaban J connectivity index is 2.20. The van der Waals surface area contributed by atoms with Crippen LogP contribution in [0.1, 0.15) is 15.9 Å². The Labute approximate surface area is 181 Å². The molecule has 138 valence electrons. The van der Waals surface area contributed by atoms with Crippen molar-refractivity contribution in [3.8, 4) is 23.0 Å². The summed E-state index contributed by atoms with van der Waals surface area (Å²) in [5, 5.41) is 0. The van der Waals surface area contributed by atoms with E-state index >= 15 is 0 Å². The Morgan fingerprint density at radius 1 is 0.885 bits per heavy atom. The van der Waals surface area contributed by atoms with Gasteiger partial charge >= 0.3 is 0 Å². The molecule has 0 aliphatic rings. The zero-order valence-corrected chi connectivity index (χ0v) is 20.2. The van der Waals surface area contributed by atoms with Crippen LogP contribution < -0.4 is 18.5 Å². The Morgan fingerprint density at radius 2 is 1.54 bits per heavy atom. The van der Waals surface area contributed by atoms with Crippen LogP contribution in [-0.2, 0) is 0 Å². The summed E-state index contributed by atoms with van der Waals surface area (Å²) in [5.74, 6) is 2.35. The highest BCUT2D eigenvalue weighted by molar-refractivity contribution is 14.2. The summed E-state index contributed by atoms with van der Waals surface area (Å²) in [6.45, 7) is 0.583. The number of carbonyl (C=O) groups excluding carboxylic acids is 1. The second kappa shape index (κ2) is 11.3. The molecule has 9 heteroatoms. The van der Waals surface area contributed by atoms with Gasteiger partial charge in [-0.15, -0.1) is 0 Å². The molecule has 0 saturated heterocycles. The van der Waals surface area contributed by atoms with Gasteiger partial charge in [-0.2, -0.15) is 0 Å². The Morgan fingerprint density at radius 3 is 2.19 bits per heavy atom. The van der Waals surface area contributed by atoms with Gasteiger partial charge in [-0.3, -0.25) is 4.79 Å². The molecule has 0 amide bonds. The van der Waals surface area contributed by atoms with Gasteiger partial charge in [-0.05, 0) is 86.1 Å². The Hall–Kier alpha value is -0.630. The molecule has 2 aromatic carbocycles. The van der Waals surface area contributed by atoms with E-state index in [1.807, 2.05) is 18.2 Å². The predicted octanol–water partition coefficient (Wildman–Crippen LogP) is 6.24. The molecule has 0 N–H and O–H groups in total. The Bertz CT molecular complexity index is 799. The average Bonchev–Trinajstić information content (AvgIpc) is 2.67. The summed E-state index contributed by atoms with van der Waals surface area (Å²) in [5.41, 5.74) is 1.38. The van der Waals surface area contributed by atoms with Crippen molar-refractivity contribution < 1.29 is 23.3 Å². The van der Waals surface area contributed by atoms with Crippen LogP contribution in [0.5, 0.6) is 23.0 Å². The molecule has 0 bridgehead atoms. The lowest BCUT2D eigenvalue weighted by Crippen LogP contribution is -1.97. The fourth-order valence-corrected chi connectivity index (χ4v) is 4.05. The number of ketones is 1. The van der Waals surface area contributed by atoms with E-state index in [1.165, 1.54) is 13.2 Å². The third-order valence-corrected chi connectivity index (χ3v) is 5.28. The number of ether oxygens (including phenoxy) is 2. The summed E-state index contributed by atoms with van der Waals surface area (Å²) < 4.78 is 21.6. The molecule has 0 fully saturated rings. The minimum Gasteiger partial charge on any atom is -0.493 e. The van der Waals surface area contributed by atoms with Gasteiger partial charge in [0.2, 0.25) is 0 Å². The molecule has 0 spiro atoms. The SMILES string of the molecule is COc1ccc(C(=O)/C=C/c2ccc(OPI)c(OPI)c2)cc1OC. The van der Waals surface area contributed by atoms with Crippen molar-refractivity contribution in [1.29, 1.82) is 0 Å². The first-order valence-corrected chi connectivity index (χ1v) is 15.3. The van der Waals surface area contributed by atoms with Gasteiger partial charge in [0, 0.05) is 5.56 Å². The van der Waals surface area contributed by atoms with Gasteiger partial charge < -0.3 is 18.5 Å². The first kappa shape index (κ1) is 21.7. The van der Waals surface area contributed by atoms with E-state index in [0.29, 0.717) is 35.0 Å². The number of methoxy groups -OCH3 is 2. The largest absolute Gasteiger partial charge is 0.493 e. The van der Waals surface area contributed by atoms with Crippen molar-refractivity contribution in [2.24, 2.45) is 0 Å². The molecule has 2 atom stereocenters. The van der Waals surface area contributed by atoms with Gasteiger partial charge in [0.05, 0.1) is 14.2 Å². The average molecular weight is 616 g/mol. The maximum Gasteiger partial charge on any atom is 0.185 e. The van der Waals surface area contributed by atoms with Crippen LogP contribution in [-0.4, -0.2) is 20.0 Å². The number of hydrogen-bond donors (Lipinski definition) is 0. The molecule has 2 aromatic rings. The summed E-state index contributed by atoms with van der Waals surface area (Å²) in [4.78, 5) is 12.4. The molecule has 5 nitrogen and oxygen atoms in total. The molecule has 0 saturated carbocycles. The van der Waals surface area contributed by atoms with Gasteiger partial charge in [-0.25, -0.2) is 0 Å². The number of rotatable bonds is 9. The lowest BCUT2D eigenvalue weighted by Gasteiger charge is -2.09. The lowest BCUT2D eigenvalue weighted by molar-refractivity contribution is 0.104. The molecular formula is C17H16I2O5P2. The fraction of sp³-hybridized carbons (Fsp3) is 0.118. The van der Waals surface area contributed by atoms with E-state index in [4.69, 9.17) is 18.5 Å². The molecule has 0 heterocycles. The molecule has 2 rings (SSSR count). The van der Waals surface area contributed by atoms with Crippen LogP contribution in [0.4, 0.5) is 0 Å². The molecule has 0 radical (unpaired) electrons. The van der Waals surface area contributed by atoms with Crippen LogP contribution >= 0.6 is 57.0 Å². The zero-order chi connectivity index (χ0) is 18.9. The molecular weight excluding hydrogens is 600 g/mol. The minimum absolute atomic E-state index is 0.127. The van der Waals surface area contributed by atoms with Crippen molar-refractivity contribution in [3.05, 3.63) is 53.6 Å². The van der Waals surface area contributed by atoms with E-state index in [-0.39, 0.29) is 12.2 Å². The normalized spacial score (nSPS) is 11.5. The van der Waals surface area contributed by atoms with Gasteiger partial charge in [0.15, 0.2) is 28.8 Å². The Kier molecular flexibility index (Phi) is 9.39. The maximum absolute atomic E-state index is 12.4. The van der Waals surface area contributed by atoms with E-state index in [9.17, 15) is 4.79 Å². The van der Waals surface area contributed by atoms with Crippen LogP contribution in [0.25, 0.3) is 6.08 Å². The molecule has 26 heavy (non-hydrogen) atoms. The monoisotopic (exact) mass is 616 g/mol. The first-order chi connectivity index (χ1) is 12.6. The number of allylic oxidation sites excluding steroid dienone is 1. The van der Waals surface area contributed by atoms with E-state index < -0.39 is 0 Å². The minimum atomic E-state index is -0.127. The van der Waals surface area contributed by atoms with Crippen LogP contribution in [0.15, 0.2) is 42.5 Å². The third-order valence-electron chi connectivity index (χ3n) is 3.36. The van der Waals surface area contributed by atoms with Crippen molar-refractivity contribution >= 4 is 68.8 Å². The van der Waals surface area contributed by atoms with Crippen LogP contribution in [0.3, 0.4) is 0 Å². The maximum atomic E-state index is 12.4. The second-order valence-corrected chi connectivity index (χ2v) is 8.19. The van der Waals surface area contributed by atoms with Crippen molar-refractivity contribution in [2.45, 2.75) is 0 Å². The van der Waals surface area contributed by atoms with Gasteiger partial charge in [0.25, 0.3) is 0 Å². The topological polar surface area (TPSA) is 54.0 Å². The van der Waals surface area contributed by atoms with Crippen LogP contribution in [0, 0.1) is 0 Å². The lowest BCUT2D eigenvalue weighted by atomic mass is 10.1. The molecule has 0 aromatic heterocycles. The zero-order valence-electron chi connectivity index (χ0n) is 13.9. The van der Waals surface area contributed by atoms with Crippen molar-refractivity contribution in [1.82, 2.24) is 0 Å². The predicted molar refractivity (Wildman–Crippen MR) is 125 cm³/mol. The van der Waals surface area contributed by atoms with Crippen molar-refractivity contribution in [3.63, 3.8) is 0 Å². The second-order valence-electron chi connectivity index (χ2n) is 4.83. The summed E-state index contributed by atoms with van der Waals surface area (Å²) >= 11 is 4.32. The highest BCUT2D eigenvalue weighted by atomic mass is 127. The number of carbonyl (C=O) groups is 1. The summed E-state index contributed by atoms with van der Waals surface area (Å²) in [6, 6.07) is 10.7. The van der Waals surface area contributed by atoms with Gasteiger partial charge in [0.1, 0.15) is 12.9 Å². The number of halogens is 2. The molecule has 0 aliphatic heterocycles. The highest BCUT2D eigenvalue weighted by Gasteiger charge is 2.09. The van der Waals surface area contributed by atoms with Crippen molar-refractivity contribution in [2.75, 3.05) is 14.2 Å². The standard InChI is InChI=1S/C17H16I2O5P2/c1-21-14-8-5-12(10-16(14)22-2)13(20)6-3-11-4-7-15(23-25-18)17(9-11)24-26-19/h3-10,25-26H,1-2H3/b6-3+. The third kappa shape index (κ3) is 5.94. The quantitative estimate of drug-likeness (QED) is 0.145. The first-order valence-electron chi connectivity index (χ1n) is 7.26. The van der Waals surface area contributed by atoms with Crippen LogP contribution in [0.2, 0.25) is 0 Å². The number of hydrogen-bond acceptors (Lipinski definition) is 5. The van der Waals surface area contributed by atoms with E-state index in [1.54, 1.807) is 31.4 Å². The van der Waals surface area contributed by atoms with Gasteiger partial charge in [-0.1, -0.05) is 12.1 Å². The number of benzene rings is 2. The fourth-order valence-electron chi connectivity index (χ4n) is 2.13. The highest BCUT2D eigenvalue weighted by Crippen LogP contribution is 2.39. The smallest absolute Gasteiger partial charge is 0.185 e. The molecule has 2 unspecified atom stereocenters. The summed E-state index contributed by atoms with van der Waals surface area (Å²) in [7, 11) is 3.10.